The molecule has 2 N–H and O–H groups in total. The Kier molecular flexibility index (Phi) is 5.35. The minimum Gasteiger partial charge on any atom is -0.481 e. The zero-order valence-corrected chi connectivity index (χ0v) is 17.2. The van der Waals surface area contributed by atoms with Crippen molar-refractivity contribution in [3.8, 4) is 0 Å². The van der Waals surface area contributed by atoms with Crippen LogP contribution in [-0.4, -0.2) is 16.1 Å². The molecule has 97 valence electrons. The third-order valence-corrected chi connectivity index (χ3v) is 5.82. The number of H-pyrrole nitrogens is 1. The van der Waals surface area contributed by atoms with Gasteiger partial charge in [0, 0.05) is 6.92 Å². The quantitative estimate of drug-likeness (QED) is 0.553. The van der Waals surface area contributed by atoms with E-state index < -0.39 is 5.97 Å². The van der Waals surface area contributed by atoms with Crippen molar-refractivity contribution >= 4 is 19.9 Å². The Morgan fingerprint density at radius 2 is 1.95 bits per heavy atom. The molecular weight excluding hydrogens is 427 g/mol. The number of aromatic nitrogens is 1. The Balaban J connectivity index is 0.000000399. The van der Waals surface area contributed by atoms with E-state index in [1.54, 1.807) is 0 Å². The summed E-state index contributed by atoms with van der Waals surface area (Å²) in [5.74, 6) is -0.833. The minimum atomic E-state index is -0.833. The van der Waals surface area contributed by atoms with Gasteiger partial charge in [-0.05, 0) is 0 Å². The summed E-state index contributed by atoms with van der Waals surface area (Å²) in [7, 11) is 0. The van der Waals surface area contributed by atoms with Crippen molar-refractivity contribution in [1.29, 1.82) is 0 Å². The van der Waals surface area contributed by atoms with Crippen molar-refractivity contribution in [2.24, 2.45) is 0 Å². The van der Waals surface area contributed by atoms with Crippen molar-refractivity contribution in [3.63, 3.8) is 0 Å². The number of hydrogen-bond acceptors (Lipinski definition) is 1. The summed E-state index contributed by atoms with van der Waals surface area (Å²) in [4.78, 5) is 12.5. The Hall–Kier alpha value is -1.09. The third kappa shape index (κ3) is 3.93. The van der Waals surface area contributed by atoms with Crippen LogP contribution in [0.25, 0.3) is 10.9 Å². The zero-order valence-electron chi connectivity index (χ0n) is 11.7. The van der Waals surface area contributed by atoms with Crippen LogP contribution in [0.3, 0.4) is 0 Å². The maximum atomic E-state index is 9.00. The molecule has 2 aromatic rings. The van der Waals surface area contributed by atoms with Gasteiger partial charge >= 0.3 is 107 Å². The first-order chi connectivity index (χ1) is 8.79. The number of carbonyl (C=O) groups is 1. The molecule has 0 radical (unpaired) electrons. The molecule has 1 aromatic carbocycles. The number of fused-ring (bicyclic) bond motifs is 1. The number of allylic oxidation sites excluding steroid dienone is 1. The first-order valence-corrected chi connectivity index (χ1v) is 8.80. The summed E-state index contributed by atoms with van der Waals surface area (Å²) in [5.41, 5.74) is 2.66. The average Bonchev–Trinajstić information content (AvgIpc) is 2.68. The molecule has 1 heterocycles. The first kappa shape index (κ1) is 16.0. The summed E-state index contributed by atoms with van der Waals surface area (Å²) in [6.45, 7) is 9.42. The van der Waals surface area contributed by atoms with Crippen LogP contribution in [0, 0.1) is 0 Å². The van der Waals surface area contributed by atoms with Gasteiger partial charge in [0.25, 0.3) is 5.97 Å². The SMILES string of the molecule is C=CC(C)(C)c1[nH]c2ccccc2[c]1[Hg].CC(=O)O. The molecule has 4 heteroatoms. The van der Waals surface area contributed by atoms with Gasteiger partial charge in [-0.3, -0.25) is 4.79 Å². The second kappa shape index (κ2) is 6.37. The van der Waals surface area contributed by atoms with E-state index in [0.717, 1.165) is 6.92 Å². The van der Waals surface area contributed by atoms with Gasteiger partial charge in [0.1, 0.15) is 0 Å². The summed E-state index contributed by atoms with van der Waals surface area (Å²) < 4.78 is 1.52. The monoisotopic (exact) mass is 446 g/mol. The minimum absolute atomic E-state index is 0.0517. The number of nitrogens with one attached hydrogen (secondary N) is 1. The largest absolute Gasteiger partial charge is 0.481 e. The maximum Gasteiger partial charge on any atom is 0.300 e. The molecule has 0 unspecified atom stereocenters. The number of hydrogen-bond donors (Lipinski definition) is 2. The van der Waals surface area contributed by atoms with E-state index in [-0.39, 0.29) is 5.41 Å². The summed E-state index contributed by atoms with van der Waals surface area (Å²) in [5, 5.41) is 8.81. The summed E-state index contributed by atoms with van der Waals surface area (Å²) in [6.07, 6.45) is 2.02. The van der Waals surface area contributed by atoms with Crippen LogP contribution in [-0.2, 0) is 36.3 Å². The van der Waals surface area contributed by atoms with Gasteiger partial charge in [-0.1, -0.05) is 0 Å². The van der Waals surface area contributed by atoms with Gasteiger partial charge in [-0.15, -0.1) is 0 Å². The molecule has 0 saturated carbocycles. The first-order valence-electron chi connectivity index (χ1n) is 6.06. The molecule has 19 heavy (non-hydrogen) atoms. The fourth-order valence-electron chi connectivity index (χ4n) is 1.85. The molecule has 0 amide bonds. The maximum absolute atomic E-state index is 9.00. The second-order valence-electron chi connectivity index (χ2n) is 4.97. The fraction of sp³-hybridized carbons (Fsp3) is 0.267. The number of rotatable bonds is 2. The van der Waals surface area contributed by atoms with Gasteiger partial charge in [-0.2, -0.15) is 0 Å². The Morgan fingerprint density at radius 1 is 1.42 bits per heavy atom. The van der Waals surface area contributed by atoms with Crippen molar-refractivity contribution < 1.29 is 36.0 Å². The number of aliphatic carboxylic acids is 1. The third-order valence-electron chi connectivity index (χ3n) is 2.97. The average molecular weight is 445 g/mol. The van der Waals surface area contributed by atoms with Crippen molar-refractivity contribution in [2.75, 3.05) is 0 Å². The van der Waals surface area contributed by atoms with E-state index >= 15 is 0 Å². The topological polar surface area (TPSA) is 53.1 Å². The summed E-state index contributed by atoms with van der Waals surface area (Å²) in [6, 6.07) is 8.54. The van der Waals surface area contributed by atoms with Crippen LogP contribution in [0.5, 0.6) is 0 Å². The van der Waals surface area contributed by atoms with E-state index in [4.69, 9.17) is 9.90 Å². The van der Waals surface area contributed by atoms with Crippen LogP contribution in [0.2, 0.25) is 0 Å². The Bertz CT molecular complexity index is 595. The number of benzene rings is 1. The van der Waals surface area contributed by atoms with E-state index in [1.165, 1.54) is 19.7 Å². The molecular formula is C15H18HgNO2. The second-order valence-corrected chi connectivity index (χ2v) is 7.72. The number of aromatic amines is 1. The predicted octanol–water partition coefficient (Wildman–Crippen LogP) is 2.89. The standard InChI is InChI=1S/C13H14N.C2H4O2.Hg/c1-4-13(2,3)12-9-10-7-5-6-8-11(10)14-12;1-2(3)4;/h4-8,14H,1H2,2-3H3;1H3,(H,3,4);. The number of carboxylic acids is 1. The van der Waals surface area contributed by atoms with Crippen LogP contribution >= 0.6 is 0 Å². The van der Waals surface area contributed by atoms with Crippen molar-refractivity contribution in [1.82, 2.24) is 4.98 Å². The van der Waals surface area contributed by atoms with Crippen molar-refractivity contribution in [2.45, 2.75) is 26.2 Å². The van der Waals surface area contributed by atoms with E-state index in [0.29, 0.717) is 26.1 Å². The predicted molar refractivity (Wildman–Crippen MR) is 74.5 cm³/mol. The van der Waals surface area contributed by atoms with Crippen LogP contribution < -0.4 is 3.07 Å². The van der Waals surface area contributed by atoms with Gasteiger partial charge < -0.3 is 5.11 Å². The molecule has 0 bridgehead atoms. The number of para-hydroxylation sites is 1. The van der Waals surface area contributed by atoms with Crippen LogP contribution in [0.15, 0.2) is 36.9 Å². The normalized spacial score (nSPS) is 10.8. The van der Waals surface area contributed by atoms with E-state index in [1.807, 2.05) is 6.08 Å². The van der Waals surface area contributed by atoms with Crippen molar-refractivity contribution in [3.05, 3.63) is 42.6 Å². The Morgan fingerprint density at radius 3 is 2.42 bits per heavy atom. The number of carboxylic acid groups (broad SMARTS) is 1. The van der Waals surface area contributed by atoms with E-state index in [9.17, 15) is 0 Å². The fourth-order valence-corrected chi connectivity index (χ4v) is 5.17. The van der Waals surface area contributed by atoms with Gasteiger partial charge in [0.05, 0.1) is 0 Å². The van der Waals surface area contributed by atoms with Gasteiger partial charge in [0.2, 0.25) is 0 Å². The molecule has 0 aliphatic heterocycles. The molecule has 0 aliphatic carbocycles. The Labute approximate surface area is 129 Å². The van der Waals surface area contributed by atoms with E-state index in [2.05, 4.69) is 49.7 Å². The molecule has 0 atom stereocenters. The molecule has 3 nitrogen and oxygen atoms in total. The molecule has 0 spiro atoms. The van der Waals surface area contributed by atoms with Gasteiger partial charge in [0.15, 0.2) is 0 Å². The zero-order chi connectivity index (χ0) is 14.6. The molecule has 2 rings (SSSR count). The molecule has 1 aromatic heterocycles. The van der Waals surface area contributed by atoms with Crippen LogP contribution in [0.1, 0.15) is 26.5 Å². The van der Waals surface area contributed by atoms with Gasteiger partial charge in [-0.25, -0.2) is 0 Å². The molecule has 0 aliphatic rings. The smallest absolute Gasteiger partial charge is 0.300 e. The molecule has 0 saturated heterocycles. The summed E-state index contributed by atoms with van der Waals surface area (Å²) >= 11 is 0.628. The molecule has 0 fully saturated rings. The van der Waals surface area contributed by atoms with Crippen LogP contribution in [0.4, 0.5) is 0 Å².